The predicted molar refractivity (Wildman–Crippen MR) is 142 cm³/mol. The number of anilines is 2. The molecular weight excluding hydrogens is 498 g/mol. The Hall–Kier alpha value is -3.69. The number of carbonyl (C=O) groups is 1. The van der Waals surface area contributed by atoms with Crippen molar-refractivity contribution in [2.75, 3.05) is 24.9 Å². The van der Waals surface area contributed by atoms with Crippen molar-refractivity contribution >= 4 is 50.6 Å². The number of alkyl halides is 1. The molecule has 1 aromatic carbocycles. The Morgan fingerprint density at radius 2 is 2.14 bits per heavy atom. The first-order chi connectivity index (χ1) is 17.6. The summed E-state index contributed by atoms with van der Waals surface area (Å²) in [6.45, 7) is 3.19. The first kappa shape index (κ1) is 24.0. The number of aryl methyl sites for hydroxylation is 1. The highest BCUT2D eigenvalue weighted by Crippen LogP contribution is 2.38. The maximum Gasteiger partial charge on any atom is 0.246 e. The highest BCUT2D eigenvalue weighted by Gasteiger charge is 2.25. The molecule has 10 heteroatoms. The molecule has 8 nitrogen and oxygen atoms in total. The second kappa shape index (κ2) is 10.5. The van der Waals surface area contributed by atoms with Crippen molar-refractivity contribution in [3.05, 3.63) is 71.0 Å². The number of methoxy groups -OCH3 is 1. The number of amides is 1. The van der Waals surface area contributed by atoms with Crippen LogP contribution in [0.25, 0.3) is 10.2 Å². The van der Waals surface area contributed by atoms with Crippen LogP contribution in [-0.2, 0) is 17.8 Å². The minimum Gasteiger partial charge on any atom is -0.481 e. The van der Waals surface area contributed by atoms with E-state index in [1.54, 1.807) is 49.2 Å². The number of allylic oxidation sites excluding steroid dienone is 1. The van der Waals surface area contributed by atoms with Gasteiger partial charge in [-0.1, -0.05) is 6.08 Å². The Kier molecular flexibility index (Phi) is 7.02. The molecule has 1 amide bonds. The van der Waals surface area contributed by atoms with E-state index in [4.69, 9.17) is 21.1 Å². The summed E-state index contributed by atoms with van der Waals surface area (Å²) in [6.07, 6.45) is 7.16. The fourth-order valence-corrected chi connectivity index (χ4v) is 5.41. The largest absolute Gasteiger partial charge is 0.481 e. The monoisotopic (exact) mass is 521 g/mol. The van der Waals surface area contributed by atoms with Gasteiger partial charge in [0.05, 0.1) is 25.2 Å². The van der Waals surface area contributed by atoms with Gasteiger partial charge in [-0.25, -0.2) is 15.0 Å². The van der Waals surface area contributed by atoms with E-state index in [9.17, 15) is 4.79 Å². The van der Waals surface area contributed by atoms with E-state index in [0.29, 0.717) is 30.6 Å². The lowest BCUT2D eigenvalue weighted by atomic mass is 10.0. The summed E-state index contributed by atoms with van der Waals surface area (Å²) in [5, 5.41) is 4.47. The van der Waals surface area contributed by atoms with E-state index in [2.05, 4.69) is 20.3 Å². The predicted octanol–water partition coefficient (Wildman–Crippen LogP) is 5.62. The molecule has 1 N–H and O–H groups in total. The zero-order chi connectivity index (χ0) is 25.1. The normalized spacial score (nSPS) is 13.1. The molecule has 0 aliphatic carbocycles. The molecule has 5 rings (SSSR count). The van der Waals surface area contributed by atoms with Crippen LogP contribution in [0.5, 0.6) is 17.4 Å². The van der Waals surface area contributed by atoms with Gasteiger partial charge in [-0.3, -0.25) is 4.79 Å². The van der Waals surface area contributed by atoms with Crippen molar-refractivity contribution in [3.8, 4) is 17.4 Å². The van der Waals surface area contributed by atoms with Crippen LogP contribution in [0.3, 0.4) is 0 Å². The fraction of sp³-hybridized carbons (Fsp3) is 0.231. The van der Waals surface area contributed by atoms with Crippen LogP contribution < -0.4 is 14.8 Å². The van der Waals surface area contributed by atoms with Crippen LogP contribution in [0.2, 0.25) is 0 Å². The minimum atomic E-state index is -0.0219. The molecular formula is C26H24ClN5O3S. The zero-order valence-corrected chi connectivity index (χ0v) is 21.4. The summed E-state index contributed by atoms with van der Waals surface area (Å²) in [6, 6.07) is 9.46. The maximum absolute atomic E-state index is 12.4. The number of benzene rings is 1. The number of carbonyl (C=O) groups excluding carboxylic acids is 1. The quantitative estimate of drug-likeness (QED) is 0.249. The fourth-order valence-electron chi connectivity index (χ4n) is 4.11. The van der Waals surface area contributed by atoms with Crippen LogP contribution in [-0.4, -0.2) is 45.3 Å². The van der Waals surface area contributed by atoms with Gasteiger partial charge < -0.3 is 19.7 Å². The third kappa shape index (κ3) is 4.98. The van der Waals surface area contributed by atoms with E-state index in [0.717, 1.165) is 44.3 Å². The first-order valence-corrected chi connectivity index (χ1v) is 12.7. The Bertz CT molecular complexity index is 1440. The van der Waals surface area contributed by atoms with Crippen molar-refractivity contribution in [2.45, 2.75) is 19.9 Å². The van der Waals surface area contributed by atoms with Crippen LogP contribution in [0, 0.1) is 6.92 Å². The number of thiophene rings is 1. The molecule has 36 heavy (non-hydrogen) atoms. The van der Waals surface area contributed by atoms with Gasteiger partial charge in [-0.05, 0) is 48.7 Å². The molecule has 0 bridgehead atoms. The molecule has 0 radical (unpaired) electrons. The van der Waals surface area contributed by atoms with E-state index >= 15 is 0 Å². The number of nitrogens with zero attached hydrogens (tertiary/aromatic N) is 4. The molecule has 0 fully saturated rings. The lowest BCUT2D eigenvalue weighted by Crippen LogP contribution is -2.34. The lowest BCUT2D eigenvalue weighted by molar-refractivity contribution is -0.126. The molecule has 1 aliphatic rings. The molecule has 0 unspecified atom stereocenters. The van der Waals surface area contributed by atoms with Crippen molar-refractivity contribution in [2.24, 2.45) is 0 Å². The molecule has 0 saturated carbocycles. The number of rotatable bonds is 7. The van der Waals surface area contributed by atoms with Crippen LogP contribution in [0.1, 0.15) is 16.0 Å². The second-order valence-corrected chi connectivity index (χ2v) is 9.61. The van der Waals surface area contributed by atoms with E-state index in [-0.39, 0.29) is 5.91 Å². The maximum atomic E-state index is 12.4. The number of hydrogen-bond acceptors (Lipinski definition) is 8. The van der Waals surface area contributed by atoms with Gasteiger partial charge in [0.2, 0.25) is 11.8 Å². The molecule has 0 saturated heterocycles. The molecule has 0 atom stereocenters. The van der Waals surface area contributed by atoms with Crippen molar-refractivity contribution in [3.63, 3.8) is 0 Å². The van der Waals surface area contributed by atoms with Gasteiger partial charge in [0.1, 0.15) is 28.5 Å². The lowest BCUT2D eigenvalue weighted by Gasteiger charge is -2.26. The number of pyridine rings is 1. The first-order valence-electron chi connectivity index (χ1n) is 11.4. The SMILES string of the molecule is COc1ccc(Oc2ccc(Nc3ncnc4sc5c(c34)CCN(C(=O)/C=C/CCl)C5)cc2C)cn1. The van der Waals surface area contributed by atoms with Gasteiger partial charge in [0.15, 0.2) is 0 Å². The summed E-state index contributed by atoms with van der Waals surface area (Å²) >= 11 is 7.29. The third-order valence-corrected chi connectivity index (χ3v) is 7.18. The van der Waals surface area contributed by atoms with Gasteiger partial charge in [0, 0.05) is 35.1 Å². The molecule has 1 aliphatic heterocycles. The van der Waals surface area contributed by atoms with Crippen molar-refractivity contribution in [1.29, 1.82) is 0 Å². The summed E-state index contributed by atoms with van der Waals surface area (Å²) in [7, 11) is 1.58. The van der Waals surface area contributed by atoms with Crippen molar-refractivity contribution < 1.29 is 14.3 Å². The molecule has 4 aromatic rings. The molecule has 184 valence electrons. The number of aromatic nitrogens is 3. The van der Waals surface area contributed by atoms with Crippen LogP contribution in [0.15, 0.2) is 55.0 Å². The molecule has 4 heterocycles. The van der Waals surface area contributed by atoms with E-state index in [1.165, 1.54) is 5.56 Å². The van der Waals surface area contributed by atoms with Gasteiger partial charge in [0.25, 0.3) is 0 Å². The Morgan fingerprint density at radius 1 is 1.25 bits per heavy atom. The average Bonchev–Trinajstić information content (AvgIpc) is 3.28. The van der Waals surface area contributed by atoms with E-state index in [1.807, 2.05) is 36.1 Å². The highest BCUT2D eigenvalue weighted by molar-refractivity contribution is 7.19. The Morgan fingerprint density at radius 3 is 2.89 bits per heavy atom. The molecule has 0 spiro atoms. The number of fused-ring (bicyclic) bond motifs is 3. The number of halogens is 1. The van der Waals surface area contributed by atoms with Crippen LogP contribution in [0.4, 0.5) is 11.5 Å². The molecule has 3 aromatic heterocycles. The number of nitrogens with one attached hydrogen (secondary N) is 1. The van der Waals surface area contributed by atoms with Crippen molar-refractivity contribution in [1.82, 2.24) is 19.9 Å². The Balaban J connectivity index is 1.36. The summed E-state index contributed by atoms with van der Waals surface area (Å²) in [5.41, 5.74) is 3.06. The third-order valence-electron chi connectivity index (χ3n) is 5.88. The second-order valence-electron chi connectivity index (χ2n) is 8.22. The summed E-state index contributed by atoms with van der Waals surface area (Å²) < 4.78 is 11.1. The van der Waals surface area contributed by atoms with E-state index < -0.39 is 0 Å². The highest BCUT2D eigenvalue weighted by atomic mass is 35.5. The average molecular weight is 522 g/mol. The van der Waals surface area contributed by atoms with Gasteiger partial charge >= 0.3 is 0 Å². The van der Waals surface area contributed by atoms with Gasteiger partial charge in [-0.2, -0.15) is 0 Å². The van der Waals surface area contributed by atoms with Crippen LogP contribution >= 0.6 is 22.9 Å². The minimum absolute atomic E-state index is 0.0219. The summed E-state index contributed by atoms with van der Waals surface area (Å²) in [4.78, 5) is 29.5. The number of hydrogen-bond donors (Lipinski definition) is 1. The number of ether oxygens (including phenoxy) is 2. The van der Waals surface area contributed by atoms with Gasteiger partial charge in [-0.15, -0.1) is 22.9 Å². The zero-order valence-electron chi connectivity index (χ0n) is 19.8. The topological polar surface area (TPSA) is 89.5 Å². The smallest absolute Gasteiger partial charge is 0.246 e. The Labute approximate surface area is 217 Å². The summed E-state index contributed by atoms with van der Waals surface area (Å²) in [5.74, 6) is 2.96. The standard InChI is InChI=1S/C26H24ClN5O3S/c1-16-12-17(5-7-20(16)35-18-6-8-22(34-2)28-13-18)31-25-24-19-9-11-32(23(33)4-3-10-27)14-21(19)36-26(24)30-15-29-25/h3-8,12-13,15H,9-11,14H2,1-2H3,(H,29,30,31)/b4-3+.